The van der Waals surface area contributed by atoms with Crippen LogP contribution < -0.4 is 10.8 Å². The van der Waals surface area contributed by atoms with Crippen LogP contribution >= 0.6 is 0 Å². The lowest BCUT2D eigenvalue weighted by molar-refractivity contribution is 0.0706. The summed E-state index contributed by atoms with van der Waals surface area (Å²) in [6.07, 6.45) is 5.82. The van der Waals surface area contributed by atoms with Gasteiger partial charge in [-0.3, -0.25) is 10.0 Å². The summed E-state index contributed by atoms with van der Waals surface area (Å²) >= 11 is 0. The third kappa shape index (κ3) is 3.58. The van der Waals surface area contributed by atoms with Gasteiger partial charge < -0.3 is 9.72 Å². The largest absolute Gasteiger partial charge is 0.381 e. The number of aromatic nitrogens is 2. The number of aryl methyl sites for hydroxylation is 1. The van der Waals surface area contributed by atoms with E-state index in [4.69, 9.17) is 5.21 Å². The molecule has 2 aromatic heterocycles. The Hall–Kier alpha value is -3.64. The zero-order valence-corrected chi connectivity index (χ0v) is 15.4. The molecule has 0 aliphatic rings. The first-order chi connectivity index (χ1) is 13.6. The van der Waals surface area contributed by atoms with Gasteiger partial charge in [-0.2, -0.15) is 0 Å². The summed E-state index contributed by atoms with van der Waals surface area (Å²) < 4.78 is 2.03. The number of nitrogens with one attached hydrogen (secondary N) is 2. The molecule has 4 rings (SSSR count). The number of carbonyl (C=O) groups excluding carboxylic acids is 1. The highest BCUT2D eigenvalue weighted by molar-refractivity contribution is 5.93. The third-order valence-electron chi connectivity index (χ3n) is 4.68. The SMILES string of the molecule is Cc1ccc(-c2cc(CNc3ccc(C(=O)NO)cc3)c3nccn3c2)cc1. The van der Waals surface area contributed by atoms with Gasteiger partial charge in [-0.25, -0.2) is 10.5 Å². The quantitative estimate of drug-likeness (QED) is 0.365. The number of imidazole rings is 1. The Morgan fingerprint density at radius 1 is 1.07 bits per heavy atom. The molecule has 3 N–H and O–H groups in total. The van der Waals surface area contributed by atoms with Gasteiger partial charge >= 0.3 is 0 Å². The molecule has 6 heteroatoms. The number of fused-ring (bicyclic) bond motifs is 1. The van der Waals surface area contributed by atoms with E-state index in [2.05, 4.69) is 53.8 Å². The molecular formula is C22H20N4O2. The molecule has 0 fully saturated rings. The first kappa shape index (κ1) is 17.8. The molecule has 1 amide bonds. The number of pyridine rings is 1. The minimum Gasteiger partial charge on any atom is -0.381 e. The fourth-order valence-electron chi connectivity index (χ4n) is 3.14. The van der Waals surface area contributed by atoms with Crippen LogP contribution in [0.1, 0.15) is 21.5 Å². The van der Waals surface area contributed by atoms with Crippen molar-refractivity contribution in [2.75, 3.05) is 5.32 Å². The molecular weight excluding hydrogens is 352 g/mol. The second-order valence-electron chi connectivity index (χ2n) is 6.65. The normalized spacial score (nSPS) is 10.8. The van der Waals surface area contributed by atoms with E-state index >= 15 is 0 Å². The predicted octanol–water partition coefficient (Wildman–Crippen LogP) is 4.04. The minimum atomic E-state index is -0.531. The van der Waals surface area contributed by atoms with E-state index in [9.17, 15) is 4.79 Å². The molecule has 2 heterocycles. The summed E-state index contributed by atoms with van der Waals surface area (Å²) in [5, 5.41) is 12.1. The van der Waals surface area contributed by atoms with Gasteiger partial charge in [0.25, 0.3) is 5.91 Å². The molecule has 0 unspecified atom stereocenters. The Morgan fingerprint density at radius 2 is 1.82 bits per heavy atom. The molecule has 0 bridgehead atoms. The van der Waals surface area contributed by atoms with E-state index in [1.54, 1.807) is 35.9 Å². The molecule has 0 saturated heterocycles. The molecule has 0 saturated carbocycles. The van der Waals surface area contributed by atoms with Crippen LogP contribution in [0.25, 0.3) is 16.8 Å². The van der Waals surface area contributed by atoms with Gasteiger partial charge in [-0.1, -0.05) is 29.8 Å². The Bertz CT molecular complexity index is 1120. The van der Waals surface area contributed by atoms with Gasteiger partial charge in [-0.05, 0) is 48.4 Å². The van der Waals surface area contributed by atoms with Crippen molar-refractivity contribution in [1.82, 2.24) is 14.9 Å². The van der Waals surface area contributed by atoms with Crippen molar-refractivity contribution in [3.05, 3.63) is 89.9 Å². The lowest BCUT2D eigenvalue weighted by atomic mass is 10.0. The van der Waals surface area contributed by atoms with Crippen molar-refractivity contribution in [3.63, 3.8) is 0 Å². The molecule has 0 spiro atoms. The summed E-state index contributed by atoms with van der Waals surface area (Å²) in [4.78, 5) is 15.9. The second-order valence-corrected chi connectivity index (χ2v) is 6.65. The molecule has 6 nitrogen and oxygen atoms in total. The Balaban J connectivity index is 1.60. The Morgan fingerprint density at radius 3 is 2.54 bits per heavy atom. The lowest BCUT2D eigenvalue weighted by Gasteiger charge is -2.11. The Labute approximate surface area is 162 Å². The number of nitrogens with zero attached hydrogens (tertiary/aromatic N) is 2. The summed E-state index contributed by atoms with van der Waals surface area (Å²) in [6, 6.07) is 17.5. The summed E-state index contributed by atoms with van der Waals surface area (Å²) in [5.74, 6) is -0.531. The molecule has 4 aromatic rings. The molecule has 0 aliphatic heterocycles. The molecule has 2 aromatic carbocycles. The second kappa shape index (κ2) is 7.54. The van der Waals surface area contributed by atoms with Gasteiger partial charge in [0.05, 0.1) is 0 Å². The third-order valence-corrected chi connectivity index (χ3v) is 4.68. The topological polar surface area (TPSA) is 78.7 Å². The van der Waals surface area contributed by atoms with Gasteiger partial charge in [0.1, 0.15) is 5.65 Å². The number of anilines is 1. The van der Waals surface area contributed by atoms with Gasteiger partial charge in [-0.15, -0.1) is 0 Å². The van der Waals surface area contributed by atoms with Crippen LogP contribution in [0.5, 0.6) is 0 Å². The highest BCUT2D eigenvalue weighted by Gasteiger charge is 2.08. The van der Waals surface area contributed by atoms with Crippen molar-refractivity contribution < 1.29 is 10.0 Å². The van der Waals surface area contributed by atoms with Crippen molar-refractivity contribution in [2.24, 2.45) is 0 Å². The van der Waals surface area contributed by atoms with Crippen molar-refractivity contribution in [2.45, 2.75) is 13.5 Å². The van der Waals surface area contributed by atoms with Gasteiger partial charge in [0.15, 0.2) is 0 Å². The lowest BCUT2D eigenvalue weighted by Crippen LogP contribution is -2.18. The zero-order chi connectivity index (χ0) is 19.5. The first-order valence-corrected chi connectivity index (χ1v) is 8.95. The number of benzene rings is 2. The van der Waals surface area contributed by atoms with Crippen LogP contribution in [0.2, 0.25) is 0 Å². The molecule has 0 radical (unpaired) electrons. The summed E-state index contributed by atoms with van der Waals surface area (Å²) in [6.45, 7) is 2.67. The number of hydrogen-bond donors (Lipinski definition) is 3. The van der Waals surface area contributed by atoms with E-state index in [-0.39, 0.29) is 0 Å². The molecule has 0 atom stereocenters. The highest BCUT2D eigenvalue weighted by atomic mass is 16.5. The number of rotatable bonds is 5. The van der Waals surface area contributed by atoms with E-state index in [0.29, 0.717) is 12.1 Å². The number of hydrogen-bond acceptors (Lipinski definition) is 4. The molecule has 28 heavy (non-hydrogen) atoms. The Kier molecular flexibility index (Phi) is 4.78. The summed E-state index contributed by atoms with van der Waals surface area (Å²) in [7, 11) is 0. The van der Waals surface area contributed by atoms with Crippen molar-refractivity contribution >= 4 is 17.2 Å². The van der Waals surface area contributed by atoms with Crippen LogP contribution in [0.15, 0.2) is 73.2 Å². The maximum Gasteiger partial charge on any atom is 0.274 e. The predicted molar refractivity (Wildman–Crippen MR) is 108 cm³/mol. The molecule has 140 valence electrons. The average molecular weight is 372 g/mol. The van der Waals surface area contributed by atoms with E-state index in [0.717, 1.165) is 28.0 Å². The maximum atomic E-state index is 11.4. The summed E-state index contributed by atoms with van der Waals surface area (Å²) in [5.41, 5.74) is 8.38. The van der Waals surface area contributed by atoms with E-state index < -0.39 is 5.91 Å². The smallest absolute Gasteiger partial charge is 0.274 e. The number of hydroxylamine groups is 1. The fraction of sp³-hybridized carbons (Fsp3) is 0.0909. The van der Waals surface area contributed by atoms with E-state index in [1.165, 1.54) is 5.56 Å². The first-order valence-electron chi connectivity index (χ1n) is 8.95. The van der Waals surface area contributed by atoms with Crippen LogP contribution in [0.3, 0.4) is 0 Å². The van der Waals surface area contributed by atoms with Crippen molar-refractivity contribution in [3.8, 4) is 11.1 Å². The number of carbonyl (C=O) groups is 1. The fourth-order valence-corrected chi connectivity index (χ4v) is 3.14. The van der Waals surface area contributed by atoms with Gasteiger partial charge in [0, 0.05) is 41.9 Å². The minimum absolute atomic E-state index is 0.394. The molecule has 0 aliphatic carbocycles. The standard InChI is InChI=1S/C22H20N4O2/c1-15-2-4-16(5-3-15)19-12-18(21-23-10-11-26(21)14-19)13-24-20-8-6-17(7-9-20)22(27)25-28/h2-12,14,24,28H,13H2,1H3,(H,25,27). The van der Waals surface area contributed by atoms with Crippen LogP contribution in [0, 0.1) is 6.92 Å². The maximum absolute atomic E-state index is 11.4. The van der Waals surface area contributed by atoms with Crippen LogP contribution in [-0.4, -0.2) is 20.5 Å². The van der Waals surface area contributed by atoms with Crippen LogP contribution in [-0.2, 0) is 6.54 Å². The van der Waals surface area contributed by atoms with Crippen molar-refractivity contribution in [1.29, 1.82) is 0 Å². The van der Waals surface area contributed by atoms with E-state index in [1.807, 2.05) is 10.6 Å². The highest BCUT2D eigenvalue weighted by Crippen LogP contribution is 2.24. The zero-order valence-electron chi connectivity index (χ0n) is 15.4. The van der Waals surface area contributed by atoms with Gasteiger partial charge in [0.2, 0.25) is 0 Å². The monoisotopic (exact) mass is 372 g/mol. The van der Waals surface area contributed by atoms with Crippen LogP contribution in [0.4, 0.5) is 5.69 Å². The number of amides is 1. The average Bonchev–Trinajstić information content (AvgIpc) is 3.21.